The highest BCUT2D eigenvalue weighted by molar-refractivity contribution is 5.95. The van der Waals surface area contributed by atoms with E-state index in [0.29, 0.717) is 0 Å². The van der Waals surface area contributed by atoms with Gasteiger partial charge < -0.3 is 4.90 Å². The number of rotatable bonds is 5. The van der Waals surface area contributed by atoms with Gasteiger partial charge in [-0.05, 0) is 43.7 Å². The quantitative estimate of drug-likeness (QED) is 0.761. The second-order valence-electron chi connectivity index (χ2n) is 5.01. The summed E-state index contributed by atoms with van der Waals surface area (Å²) >= 11 is 0. The summed E-state index contributed by atoms with van der Waals surface area (Å²) < 4.78 is 0. The molecule has 0 unspecified atom stereocenters. The van der Waals surface area contributed by atoms with Crippen molar-refractivity contribution in [2.45, 2.75) is 33.1 Å². The standard InChI is InChI=1S/C15H21NO/c1-3-10-16(11-13-8-9-13)15(17)14-7-5-4-6-12(14)2/h4-7,13H,3,8-11H2,1-2H3. The van der Waals surface area contributed by atoms with Crippen molar-refractivity contribution < 1.29 is 4.79 Å². The van der Waals surface area contributed by atoms with Crippen molar-refractivity contribution in [1.82, 2.24) is 4.90 Å². The second kappa shape index (κ2) is 5.35. The van der Waals surface area contributed by atoms with Crippen molar-refractivity contribution in [2.24, 2.45) is 5.92 Å². The first kappa shape index (κ1) is 12.2. The smallest absolute Gasteiger partial charge is 0.254 e. The van der Waals surface area contributed by atoms with Crippen LogP contribution in [0.3, 0.4) is 0 Å². The molecular formula is C15H21NO. The van der Waals surface area contributed by atoms with Crippen molar-refractivity contribution in [1.29, 1.82) is 0 Å². The predicted octanol–water partition coefficient (Wildman–Crippen LogP) is 3.26. The molecule has 1 aliphatic carbocycles. The Morgan fingerprint density at radius 3 is 2.65 bits per heavy atom. The lowest BCUT2D eigenvalue weighted by atomic mass is 10.1. The van der Waals surface area contributed by atoms with Crippen molar-refractivity contribution in [3.05, 3.63) is 35.4 Å². The van der Waals surface area contributed by atoms with Gasteiger partial charge in [0.05, 0.1) is 0 Å². The minimum absolute atomic E-state index is 0.205. The molecule has 17 heavy (non-hydrogen) atoms. The number of amides is 1. The molecule has 2 nitrogen and oxygen atoms in total. The topological polar surface area (TPSA) is 20.3 Å². The van der Waals surface area contributed by atoms with Gasteiger partial charge in [0.1, 0.15) is 0 Å². The molecule has 1 fully saturated rings. The number of nitrogens with zero attached hydrogens (tertiary/aromatic N) is 1. The normalized spacial score (nSPS) is 14.7. The van der Waals surface area contributed by atoms with Gasteiger partial charge in [0.25, 0.3) is 5.91 Å². The molecule has 1 aliphatic rings. The van der Waals surface area contributed by atoms with Crippen LogP contribution in [0.2, 0.25) is 0 Å². The number of carbonyl (C=O) groups excluding carboxylic acids is 1. The minimum Gasteiger partial charge on any atom is -0.338 e. The van der Waals surface area contributed by atoms with Crippen molar-refractivity contribution >= 4 is 5.91 Å². The highest BCUT2D eigenvalue weighted by Crippen LogP contribution is 2.30. The summed E-state index contributed by atoms with van der Waals surface area (Å²) in [6, 6.07) is 7.88. The Kier molecular flexibility index (Phi) is 3.82. The van der Waals surface area contributed by atoms with Crippen LogP contribution in [-0.4, -0.2) is 23.9 Å². The molecule has 0 aliphatic heterocycles. The molecule has 1 aromatic rings. The summed E-state index contributed by atoms with van der Waals surface area (Å²) in [5, 5.41) is 0. The lowest BCUT2D eigenvalue weighted by Crippen LogP contribution is -2.34. The summed E-state index contributed by atoms with van der Waals surface area (Å²) in [5.74, 6) is 0.964. The molecule has 0 aromatic heterocycles. The van der Waals surface area contributed by atoms with Crippen LogP contribution in [0, 0.1) is 12.8 Å². The predicted molar refractivity (Wildman–Crippen MR) is 70.1 cm³/mol. The zero-order valence-corrected chi connectivity index (χ0v) is 10.8. The van der Waals surface area contributed by atoms with Crippen LogP contribution in [0.25, 0.3) is 0 Å². The fourth-order valence-electron chi connectivity index (χ4n) is 2.14. The van der Waals surface area contributed by atoms with E-state index in [-0.39, 0.29) is 5.91 Å². The SMILES string of the molecule is CCCN(CC1CC1)C(=O)c1ccccc1C. The maximum Gasteiger partial charge on any atom is 0.254 e. The van der Waals surface area contributed by atoms with Crippen LogP contribution >= 0.6 is 0 Å². The minimum atomic E-state index is 0.205. The van der Waals surface area contributed by atoms with Crippen LogP contribution in [0.4, 0.5) is 0 Å². The van der Waals surface area contributed by atoms with E-state index in [9.17, 15) is 4.79 Å². The van der Waals surface area contributed by atoms with Crippen molar-refractivity contribution in [3.63, 3.8) is 0 Å². The number of aryl methyl sites for hydroxylation is 1. The van der Waals surface area contributed by atoms with Crippen LogP contribution in [-0.2, 0) is 0 Å². The molecule has 0 saturated heterocycles. The monoisotopic (exact) mass is 231 g/mol. The van der Waals surface area contributed by atoms with E-state index in [2.05, 4.69) is 6.92 Å². The molecule has 1 aromatic carbocycles. The van der Waals surface area contributed by atoms with Crippen LogP contribution in [0.5, 0.6) is 0 Å². The Labute approximate surface area is 104 Å². The summed E-state index contributed by atoms with van der Waals surface area (Å²) in [5.41, 5.74) is 1.94. The highest BCUT2D eigenvalue weighted by atomic mass is 16.2. The first-order valence-corrected chi connectivity index (χ1v) is 6.57. The third-order valence-electron chi connectivity index (χ3n) is 3.33. The molecule has 0 atom stereocenters. The van der Waals surface area contributed by atoms with E-state index in [0.717, 1.165) is 36.6 Å². The number of benzene rings is 1. The molecule has 0 N–H and O–H groups in total. The molecule has 1 amide bonds. The van der Waals surface area contributed by atoms with Gasteiger partial charge in [0.15, 0.2) is 0 Å². The highest BCUT2D eigenvalue weighted by Gasteiger charge is 2.27. The Morgan fingerprint density at radius 1 is 1.35 bits per heavy atom. The van der Waals surface area contributed by atoms with Gasteiger partial charge in [-0.1, -0.05) is 25.1 Å². The van der Waals surface area contributed by atoms with Gasteiger partial charge in [0, 0.05) is 18.7 Å². The molecule has 0 bridgehead atoms. The maximum absolute atomic E-state index is 12.4. The van der Waals surface area contributed by atoms with Gasteiger partial charge in [-0.2, -0.15) is 0 Å². The number of carbonyl (C=O) groups is 1. The van der Waals surface area contributed by atoms with Gasteiger partial charge in [-0.15, -0.1) is 0 Å². The molecular weight excluding hydrogens is 210 g/mol. The molecule has 0 radical (unpaired) electrons. The molecule has 0 spiro atoms. The zero-order chi connectivity index (χ0) is 12.3. The maximum atomic E-state index is 12.4. The van der Waals surface area contributed by atoms with Gasteiger partial charge in [-0.25, -0.2) is 0 Å². The van der Waals surface area contributed by atoms with E-state index in [1.54, 1.807) is 0 Å². The van der Waals surface area contributed by atoms with Crippen LogP contribution < -0.4 is 0 Å². The van der Waals surface area contributed by atoms with Crippen molar-refractivity contribution in [2.75, 3.05) is 13.1 Å². The molecule has 92 valence electrons. The average Bonchev–Trinajstić information content (AvgIpc) is 3.12. The van der Waals surface area contributed by atoms with E-state index in [1.165, 1.54) is 12.8 Å². The molecule has 1 saturated carbocycles. The van der Waals surface area contributed by atoms with E-state index >= 15 is 0 Å². The van der Waals surface area contributed by atoms with E-state index in [1.807, 2.05) is 36.1 Å². The second-order valence-corrected chi connectivity index (χ2v) is 5.01. The third-order valence-corrected chi connectivity index (χ3v) is 3.33. The van der Waals surface area contributed by atoms with E-state index in [4.69, 9.17) is 0 Å². The van der Waals surface area contributed by atoms with E-state index < -0.39 is 0 Å². The van der Waals surface area contributed by atoms with Gasteiger partial charge in [0.2, 0.25) is 0 Å². The Hall–Kier alpha value is -1.31. The van der Waals surface area contributed by atoms with Crippen LogP contribution in [0.15, 0.2) is 24.3 Å². The summed E-state index contributed by atoms with van der Waals surface area (Å²) in [7, 11) is 0. The van der Waals surface area contributed by atoms with Crippen LogP contribution in [0.1, 0.15) is 42.1 Å². The summed E-state index contributed by atoms with van der Waals surface area (Å²) in [6.07, 6.45) is 3.62. The lowest BCUT2D eigenvalue weighted by molar-refractivity contribution is 0.0747. The van der Waals surface area contributed by atoms with Crippen molar-refractivity contribution in [3.8, 4) is 0 Å². The fourth-order valence-corrected chi connectivity index (χ4v) is 2.14. The van der Waals surface area contributed by atoms with Gasteiger partial charge in [-0.3, -0.25) is 4.79 Å². The average molecular weight is 231 g/mol. The molecule has 0 heterocycles. The first-order valence-electron chi connectivity index (χ1n) is 6.57. The molecule has 2 rings (SSSR count). The number of hydrogen-bond acceptors (Lipinski definition) is 1. The first-order chi connectivity index (χ1) is 8.22. The Morgan fingerprint density at radius 2 is 2.06 bits per heavy atom. The molecule has 2 heteroatoms. The summed E-state index contributed by atoms with van der Waals surface area (Å²) in [4.78, 5) is 14.5. The Balaban J connectivity index is 2.11. The third kappa shape index (κ3) is 3.09. The number of hydrogen-bond donors (Lipinski definition) is 0. The largest absolute Gasteiger partial charge is 0.338 e. The Bertz CT molecular complexity index is 396. The summed E-state index contributed by atoms with van der Waals surface area (Å²) in [6.45, 7) is 5.96. The lowest BCUT2D eigenvalue weighted by Gasteiger charge is -2.22. The zero-order valence-electron chi connectivity index (χ0n) is 10.8. The fraction of sp³-hybridized carbons (Fsp3) is 0.533. The van der Waals surface area contributed by atoms with Gasteiger partial charge >= 0.3 is 0 Å².